The molecule has 136 valence electrons. The molecule has 2 aromatic rings. The lowest BCUT2D eigenvalue weighted by atomic mass is 9.84. The lowest BCUT2D eigenvalue weighted by Gasteiger charge is -2.29. The molecule has 1 heterocycles. The Bertz CT molecular complexity index is 1020. The molecular weight excluding hydrogens is 343 g/mol. The van der Waals surface area contributed by atoms with Gasteiger partial charge in [-0.1, -0.05) is 53.2 Å². The molecule has 0 aromatic heterocycles. The highest BCUT2D eigenvalue weighted by Crippen LogP contribution is 2.35. The van der Waals surface area contributed by atoms with E-state index in [0.29, 0.717) is 40.1 Å². The number of nitrogens with zero attached hydrogens (tertiary/aromatic N) is 2. The Morgan fingerprint density at radius 1 is 1.07 bits per heavy atom. The van der Waals surface area contributed by atoms with Gasteiger partial charge in [0.2, 0.25) is 5.78 Å². The predicted molar refractivity (Wildman–Crippen MR) is 101 cm³/mol. The smallest absolute Gasteiger partial charge is 0.210 e. The highest BCUT2D eigenvalue weighted by Gasteiger charge is 2.34. The summed E-state index contributed by atoms with van der Waals surface area (Å²) in [7, 11) is 0. The summed E-state index contributed by atoms with van der Waals surface area (Å²) in [5.74, 6) is -0.440. The Balaban J connectivity index is 1.87. The van der Waals surface area contributed by atoms with Crippen LogP contribution in [0.1, 0.15) is 41.3 Å². The zero-order valence-electron chi connectivity index (χ0n) is 14.9. The summed E-state index contributed by atoms with van der Waals surface area (Å²) in [5, 5.41) is 13.2. The number of Topliss-reactive ketones (excluding diaryl/α,β-unsaturated/α-hetero) is 1. The topological polar surface area (TPSA) is 52.9 Å². The van der Waals surface area contributed by atoms with Gasteiger partial charge >= 0.3 is 0 Å². The number of rotatable bonds is 2. The minimum atomic E-state index is -0.311. The second kappa shape index (κ2) is 6.83. The molecule has 0 amide bonds. The molecule has 2 aliphatic rings. The van der Waals surface area contributed by atoms with Crippen LogP contribution in [0.25, 0.3) is 0 Å². The van der Waals surface area contributed by atoms with Crippen molar-refractivity contribution < 1.29 is 14.4 Å². The van der Waals surface area contributed by atoms with Crippen molar-refractivity contribution in [2.45, 2.75) is 26.3 Å². The van der Waals surface area contributed by atoms with E-state index in [1.54, 1.807) is 41.3 Å². The Morgan fingerprint density at radius 2 is 1.78 bits per heavy atom. The number of carbonyl (C=O) groups is 1. The highest BCUT2D eigenvalue weighted by molar-refractivity contribution is 6.28. The van der Waals surface area contributed by atoms with Crippen molar-refractivity contribution in [3.8, 4) is 0 Å². The fourth-order valence-electron chi connectivity index (χ4n) is 3.73. The Morgan fingerprint density at radius 3 is 2.52 bits per heavy atom. The first-order valence-corrected chi connectivity index (χ1v) is 8.87. The Hall–Kier alpha value is -3.21. The second-order valence-electron chi connectivity index (χ2n) is 6.85. The molecule has 0 saturated carbocycles. The molecule has 2 aromatic carbocycles. The van der Waals surface area contributed by atoms with Gasteiger partial charge in [-0.25, -0.2) is 4.39 Å². The van der Waals surface area contributed by atoms with E-state index < -0.39 is 0 Å². The van der Waals surface area contributed by atoms with Crippen molar-refractivity contribution >= 4 is 11.5 Å². The van der Waals surface area contributed by atoms with Gasteiger partial charge in [0.05, 0.1) is 12.2 Å². The molecule has 5 heteroatoms. The quantitative estimate of drug-likeness (QED) is 0.625. The van der Waals surface area contributed by atoms with Crippen LogP contribution in [0, 0.1) is 5.82 Å². The Labute approximate surface area is 156 Å². The van der Waals surface area contributed by atoms with E-state index in [4.69, 9.17) is 0 Å². The van der Waals surface area contributed by atoms with Crippen LogP contribution in [0.4, 0.5) is 4.39 Å². The molecular formula is C22H19FN2O2. The number of hydrogen-bond acceptors (Lipinski definition) is 4. The van der Waals surface area contributed by atoms with Crippen molar-refractivity contribution in [2.24, 2.45) is 5.16 Å². The van der Waals surface area contributed by atoms with E-state index in [1.165, 1.54) is 6.07 Å². The SMILES string of the molecule is CC1=CN(Cc2ccccc2F)C2=C(CC1)/C(=N/O)c1ccccc1C2=O. The average Bonchev–Trinajstić information content (AvgIpc) is 2.83. The predicted octanol–water partition coefficient (Wildman–Crippen LogP) is 4.65. The van der Waals surface area contributed by atoms with Crippen LogP contribution in [-0.4, -0.2) is 21.6 Å². The van der Waals surface area contributed by atoms with Gasteiger partial charge in [-0.05, 0) is 25.8 Å². The summed E-state index contributed by atoms with van der Waals surface area (Å²) in [6.45, 7) is 2.22. The molecule has 4 rings (SSSR count). The molecule has 0 fully saturated rings. The molecule has 0 unspecified atom stereocenters. The zero-order valence-corrected chi connectivity index (χ0v) is 14.9. The third-order valence-electron chi connectivity index (χ3n) is 5.04. The fourth-order valence-corrected chi connectivity index (χ4v) is 3.73. The number of hydrogen-bond donors (Lipinski definition) is 1. The van der Waals surface area contributed by atoms with Crippen molar-refractivity contribution in [1.82, 2.24) is 4.90 Å². The maximum absolute atomic E-state index is 14.2. The van der Waals surface area contributed by atoms with Crippen molar-refractivity contribution in [2.75, 3.05) is 0 Å². The number of fused-ring (bicyclic) bond motifs is 1. The number of carbonyl (C=O) groups excluding carboxylic acids is 1. The third kappa shape index (κ3) is 2.95. The maximum Gasteiger partial charge on any atom is 0.210 e. The summed E-state index contributed by atoms with van der Waals surface area (Å²) in [5.41, 5.74) is 4.29. The minimum Gasteiger partial charge on any atom is -0.410 e. The lowest BCUT2D eigenvalue weighted by Crippen LogP contribution is -2.31. The number of allylic oxidation sites excluding steroid dienone is 3. The van der Waals surface area contributed by atoms with Gasteiger partial charge < -0.3 is 10.1 Å². The van der Waals surface area contributed by atoms with E-state index in [9.17, 15) is 14.4 Å². The van der Waals surface area contributed by atoms with Gasteiger partial charge in [-0.3, -0.25) is 4.79 Å². The van der Waals surface area contributed by atoms with Gasteiger partial charge in [-0.2, -0.15) is 0 Å². The molecule has 1 aliphatic carbocycles. The molecule has 0 saturated heterocycles. The average molecular weight is 362 g/mol. The van der Waals surface area contributed by atoms with E-state index in [2.05, 4.69) is 5.16 Å². The maximum atomic E-state index is 14.2. The fraction of sp³-hybridized carbons (Fsp3) is 0.182. The summed E-state index contributed by atoms with van der Waals surface area (Å²) in [6.07, 6.45) is 3.22. The number of benzene rings is 2. The molecule has 0 bridgehead atoms. The summed E-state index contributed by atoms with van der Waals surface area (Å²) < 4.78 is 14.2. The van der Waals surface area contributed by atoms with Crippen molar-refractivity contribution in [3.05, 3.63) is 94.1 Å². The molecule has 4 nitrogen and oxygen atoms in total. The van der Waals surface area contributed by atoms with Gasteiger partial charge in [0.25, 0.3) is 0 Å². The molecule has 1 aliphatic heterocycles. The van der Waals surface area contributed by atoms with Crippen LogP contribution in [0.3, 0.4) is 0 Å². The molecule has 0 atom stereocenters. The van der Waals surface area contributed by atoms with Crippen LogP contribution in [-0.2, 0) is 6.54 Å². The first kappa shape index (κ1) is 17.2. The van der Waals surface area contributed by atoms with Gasteiger partial charge in [-0.15, -0.1) is 0 Å². The largest absolute Gasteiger partial charge is 0.410 e. The van der Waals surface area contributed by atoms with Crippen molar-refractivity contribution in [3.63, 3.8) is 0 Å². The van der Waals surface area contributed by atoms with Crippen LogP contribution in [0.2, 0.25) is 0 Å². The minimum absolute atomic E-state index is 0.129. The second-order valence-corrected chi connectivity index (χ2v) is 6.85. The van der Waals surface area contributed by atoms with E-state index in [-0.39, 0.29) is 18.1 Å². The van der Waals surface area contributed by atoms with Crippen molar-refractivity contribution in [1.29, 1.82) is 0 Å². The first-order chi connectivity index (χ1) is 13.1. The van der Waals surface area contributed by atoms with Gasteiger partial charge in [0.15, 0.2) is 0 Å². The van der Waals surface area contributed by atoms with E-state index in [1.807, 2.05) is 19.2 Å². The van der Waals surface area contributed by atoms with Gasteiger partial charge in [0, 0.05) is 28.5 Å². The summed E-state index contributed by atoms with van der Waals surface area (Å²) in [4.78, 5) is 15.1. The molecule has 27 heavy (non-hydrogen) atoms. The zero-order chi connectivity index (χ0) is 19.0. The number of ketones is 1. The van der Waals surface area contributed by atoms with Crippen LogP contribution < -0.4 is 0 Å². The van der Waals surface area contributed by atoms with Crippen LogP contribution in [0.15, 0.2) is 76.7 Å². The first-order valence-electron chi connectivity index (χ1n) is 8.87. The van der Waals surface area contributed by atoms with E-state index in [0.717, 1.165) is 12.0 Å². The monoisotopic (exact) mass is 362 g/mol. The standard InChI is InChI=1S/C22H19FN2O2/c1-14-10-11-18-20(24-27)16-7-3-4-8-17(16)22(26)21(18)25(12-14)13-15-6-2-5-9-19(15)23/h2-9,12,27H,10-11,13H2,1H3/b24-20+. The molecule has 0 spiro atoms. The lowest BCUT2D eigenvalue weighted by molar-refractivity contribution is 0.0998. The van der Waals surface area contributed by atoms with E-state index >= 15 is 0 Å². The summed E-state index contributed by atoms with van der Waals surface area (Å²) in [6, 6.07) is 13.7. The number of oxime groups is 1. The Kier molecular flexibility index (Phi) is 4.36. The number of halogens is 1. The van der Waals surface area contributed by atoms with Crippen LogP contribution in [0.5, 0.6) is 0 Å². The normalized spacial score (nSPS) is 18.1. The van der Waals surface area contributed by atoms with Gasteiger partial charge in [0.1, 0.15) is 11.5 Å². The molecule has 1 N–H and O–H groups in total. The highest BCUT2D eigenvalue weighted by atomic mass is 19.1. The van der Waals surface area contributed by atoms with Crippen LogP contribution >= 0.6 is 0 Å². The third-order valence-corrected chi connectivity index (χ3v) is 5.04. The summed E-state index contributed by atoms with van der Waals surface area (Å²) >= 11 is 0. The molecule has 0 radical (unpaired) electrons.